The lowest BCUT2D eigenvalue weighted by Crippen LogP contribution is -1.82. The zero-order valence-corrected chi connectivity index (χ0v) is 11.1. The lowest BCUT2D eigenvalue weighted by molar-refractivity contribution is 0.351. The van der Waals surface area contributed by atoms with Gasteiger partial charge in [0.05, 0.1) is 14.2 Å². The number of methoxy groups -OCH3 is 2. The van der Waals surface area contributed by atoms with Gasteiger partial charge < -0.3 is 29.9 Å². The predicted molar refractivity (Wildman–Crippen MR) is 72.6 cm³/mol. The van der Waals surface area contributed by atoms with E-state index in [0.717, 1.165) is 0 Å². The fourth-order valence-corrected chi connectivity index (χ4v) is 1.35. The van der Waals surface area contributed by atoms with Crippen LogP contribution in [-0.2, 0) is 0 Å². The van der Waals surface area contributed by atoms with Crippen molar-refractivity contribution in [3.05, 3.63) is 36.4 Å². The third-order valence-electron chi connectivity index (χ3n) is 2.40. The maximum absolute atomic E-state index is 9.02. The molecule has 0 aliphatic carbocycles. The molecule has 2 rings (SSSR count). The van der Waals surface area contributed by atoms with Crippen molar-refractivity contribution in [2.75, 3.05) is 14.2 Å². The van der Waals surface area contributed by atoms with Crippen molar-refractivity contribution in [2.24, 2.45) is 0 Å². The molecule has 0 saturated carbocycles. The predicted octanol–water partition coefficient (Wildman–Crippen LogP) is 2.21. The summed E-state index contributed by atoms with van der Waals surface area (Å²) >= 11 is 0. The highest BCUT2D eigenvalue weighted by atomic mass is 16.5. The molecule has 0 saturated heterocycles. The summed E-state index contributed by atoms with van der Waals surface area (Å²) in [5.41, 5.74) is 0. The summed E-state index contributed by atoms with van der Waals surface area (Å²) in [4.78, 5) is 0. The summed E-state index contributed by atoms with van der Waals surface area (Å²) in [5, 5.41) is 35.8. The molecule has 0 amide bonds. The molecule has 108 valence electrons. The van der Waals surface area contributed by atoms with Crippen molar-refractivity contribution >= 4 is 0 Å². The lowest BCUT2D eigenvalue weighted by Gasteiger charge is -2.02. The fraction of sp³-hybridized carbons (Fsp3) is 0.143. The normalized spacial score (nSPS) is 9.30. The largest absolute Gasteiger partial charge is 0.504 e. The van der Waals surface area contributed by atoms with Gasteiger partial charge in [0.15, 0.2) is 34.5 Å². The molecule has 20 heavy (non-hydrogen) atoms. The number of rotatable bonds is 2. The van der Waals surface area contributed by atoms with Gasteiger partial charge in [0.2, 0.25) is 0 Å². The molecule has 4 N–H and O–H groups in total. The van der Waals surface area contributed by atoms with Crippen LogP contribution in [0, 0.1) is 0 Å². The first-order valence-corrected chi connectivity index (χ1v) is 5.61. The standard InChI is InChI=1S/2C7H8O3/c2*1-10-6-4-2-3-5(8)7(6)9/h2*2-4,8-9H,1H3. The van der Waals surface area contributed by atoms with E-state index in [-0.39, 0.29) is 34.5 Å². The van der Waals surface area contributed by atoms with Gasteiger partial charge in [0.25, 0.3) is 0 Å². The van der Waals surface area contributed by atoms with Crippen molar-refractivity contribution in [3.8, 4) is 34.5 Å². The molecule has 0 spiro atoms. The van der Waals surface area contributed by atoms with Crippen molar-refractivity contribution in [2.45, 2.75) is 0 Å². The molecule has 0 atom stereocenters. The van der Waals surface area contributed by atoms with E-state index >= 15 is 0 Å². The SMILES string of the molecule is COc1cccc(O)c1O.COc1cccc(O)c1O. The Balaban J connectivity index is 0.000000200. The Morgan fingerprint density at radius 3 is 1.25 bits per heavy atom. The zero-order chi connectivity index (χ0) is 15.1. The fourth-order valence-electron chi connectivity index (χ4n) is 1.35. The number of phenolic OH excluding ortho intramolecular Hbond substituents is 4. The van der Waals surface area contributed by atoms with E-state index in [0.29, 0.717) is 0 Å². The molecular formula is C14H16O6. The van der Waals surface area contributed by atoms with Crippen LogP contribution >= 0.6 is 0 Å². The van der Waals surface area contributed by atoms with Crippen molar-refractivity contribution in [1.29, 1.82) is 0 Å². The van der Waals surface area contributed by atoms with Crippen molar-refractivity contribution in [1.82, 2.24) is 0 Å². The highest BCUT2D eigenvalue weighted by Crippen LogP contribution is 2.34. The first-order chi connectivity index (χ1) is 9.51. The first kappa shape index (κ1) is 15.3. The minimum atomic E-state index is -0.218. The van der Waals surface area contributed by atoms with E-state index < -0.39 is 0 Å². The topological polar surface area (TPSA) is 99.4 Å². The smallest absolute Gasteiger partial charge is 0.200 e. The third kappa shape index (κ3) is 3.61. The molecule has 6 nitrogen and oxygen atoms in total. The minimum absolute atomic E-state index is 0.167. The Morgan fingerprint density at radius 2 is 1.00 bits per heavy atom. The molecule has 0 fully saturated rings. The number of benzene rings is 2. The van der Waals surface area contributed by atoms with E-state index in [9.17, 15) is 0 Å². The number of para-hydroxylation sites is 2. The second kappa shape index (κ2) is 6.98. The van der Waals surface area contributed by atoms with Gasteiger partial charge in [0, 0.05) is 0 Å². The van der Waals surface area contributed by atoms with E-state index in [4.69, 9.17) is 29.9 Å². The van der Waals surface area contributed by atoms with Crippen molar-refractivity contribution < 1.29 is 29.9 Å². The van der Waals surface area contributed by atoms with Gasteiger partial charge in [0.1, 0.15) is 0 Å². The molecule has 0 heterocycles. The Morgan fingerprint density at radius 1 is 0.650 bits per heavy atom. The molecule has 6 heteroatoms. The number of hydrogen-bond acceptors (Lipinski definition) is 6. The van der Waals surface area contributed by atoms with Crippen molar-refractivity contribution in [3.63, 3.8) is 0 Å². The van der Waals surface area contributed by atoms with Gasteiger partial charge >= 0.3 is 0 Å². The molecule has 0 aliphatic rings. The second-order valence-corrected chi connectivity index (χ2v) is 3.66. The van der Waals surface area contributed by atoms with E-state index in [1.165, 1.54) is 26.4 Å². The van der Waals surface area contributed by atoms with Gasteiger partial charge in [-0.15, -0.1) is 0 Å². The molecule has 0 unspecified atom stereocenters. The molecule has 0 radical (unpaired) electrons. The first-order valence-electron chi connectivity index (χ1n) is 5.61. The lowest BCUT2D eigenvalue weighted by atomic mass is 10.3. The van der Waals surface area contributed by atoms with Crippen LogP contribution in [0.4, 0.5) is 0 Å². The van der Waals surface area contributed by atoms with Crippen LogP contribution < -0.4 is 9.47 Å². The molecule has 0 aliphatic heterocycles. The Bertz CT molecular complexity index is 516. The maximum Gasteiger partial charge on any atom is 0.200 e. The Hall–Kier alpha value is -2.76. The summed E-state index contributed by atoms with van der Waals surface area (Å²) in [5.74, 6) is -0.214. The zero-order valence-electron chi connectivity index (χ0n) is 11.1. The average Bonchev–Trinajstić information content (AvgIpc) is 2.45. The Labute approximate surface area is 116 Å². The summed E-state index contributed by atoms with van der Waals surface area (Å²) in [6.07, 6.45) is 0. The number of aromatic hydroxyl groups is 4. The summed E-state index contributed by atoms with van der Waals surface area (Å²) < 4.78 is 9.43. The van der Waals surface area contributed by atoms with Crippen LogP contribution in [0.15, 0.2) is 36.4 Å². The summed E-state index contributed by atoms with van der Waals surface area (Å²) in [7, 11) is 2.85. The molecular weight excluding hydrogens is 264 g/mol. The second-order valence-electron chi connectivity index (χ2n) is 3.66. The minimum Gasteiger partial charge on any atom is -0.504 e. The van der Waals surface area contributed by atoms with Crippen LogP contribution in [0.1, 0.15) is 0 Å². The number of ether oxygens (including phenoxy) is 2. The van der Waals surface area contributed by atoms with Gasteiger partial charge in [-0.25, -0.2) is 0 Å². The van der Waals surface area contributed by atoms with Gasteiger partial charge in [-0.05, 0) is 24.3 Å². The summed E-state index contributed by atoms with van der Waals surface area (Å²) in [6, 6.07) is 9.08. The van der Waals surface area contributed by atoms with Crippen LogP contribution in [0.3, 0.4) is 0 Å². The number of phenols is 4. The highest BCUT2D eigenvalue weighted by Gasteiger charge is 2.04. The molecule has 2 aromatic carbocycles. The van der Waals surface area contributed by atoms with Gasteiger partial charge in [-0.1, -0.05) is 12.1 Å². The van der Waals surface area contributed by atoms with Crippen LogP contribution in [0.2, 0.25) is 0 Å². The van der Waals surface area contributed by atoms with Gasteiger partial charge in [-0.2, -0.15) is 0 Å². The molecule has 2 aromatic rings. The molecule has 0 aromatic heterocycles. The third-order valence-corrected chi connectivity index (χ3v) is 2.40. The van der Waals surface area contributed by atoms with E-state index in [1.54, 1.807) is 24.3 Å². The average molecular weight is 280 g/mol. The monoisotopic (exact) mass is 280 g/mol. The Kier molecular flexibility index (Phi) is 5.34. The summed E-state index contributed by atoms with van der Waals surface area (Å²) in [6.45, 7) is 0. The van der Waals surface area contributed by atoms with Gasteiger partial charge in [-0.3, -0.25) is 0 Å². The quantitative estimate of drug-likeness (QED) is 0.629. The molecule has 0 bridgehead atoms. The van der Waals surface area contributed by atoms with Crippen LogP contribution in [0.25, 0.3) is 0 Å². The number of hydrogen-bond donors (Lipinski definition) is 4. The van der Waals surface area contributed by atoms with Crippen LogP contribution in [-0.4, -0.2) is 34.6 Å². The van der Waals surface area contributed by atoms with Crippen LogP contribution in [0.5, 0.6) is 34.5 Å². The highest BCUT2D eigenvalue weighted by molar-refractivity contribution is 5.49. The van der Waals surface area contributed by atoms with E-state index in [1.807, 2.05) is 0 Å². The maximum atomic E-state index is 9.02. The van der Waals surface area contributed by atoms with E-state index in [2.05, 4.69) is 0 Å².